The molecule has 3 aromatic carbocycles. The predicted molar refractivity (Wildman–Crippen MR) is 84.7 cm³/mol. The Morgan fingerprint density at radius 1 is 0.565 bits per heavy atom. The number of rotatable bonds is 6. The van der Waals surface area contributed by atoms with Crippen molar-refractivity contribution in [2.24, 2.45) is 0 Å². The van der Waals surface area contributed by atoms with Gasteiger partial charge < -0.3 is 19.6 Å². The molecule has 23 heavy (non-hydrogen) atoms. The van der Waals surface area contributed by atoms with Gasteiger partial charge >= 0.3 is 0 Å². The van der Waals surface area contributed by atoms with Crippen molar-refractivity contribution in [1.29, 1.82) is 0 Å². The van der Waals surface area contributed by atoms with Gasteiger partial charge in [-0.05, 0) is 36.4 Å². The summed E-state index contributed by atoms with van der Waals surface area (Å²) < 4.78 is 0. The van der Waals surface area contributed by atoms with Crippen molar-refractivity contribution in [3.8, 4) is 23.0 Å². The Morgan fingerprint density at radius 2 is 1.04 bits per heavy atom. The van der Waals surface area contributed by atoms with Crippen molar-refractivity contribution < 1.29 is 19.6 Å². The minimum absolute atomic E-state index is 0.0224. The second kappa shape index (κ2) is 7.20. The summed E-state index contributed by atoms with van der Waals surface area (Å²) in [6.45, 7) is 0. The Hall–Kier alpha value is -3.18. The van der Waals surface area contributed by atoms with Crippen LogP contribution in [0.1, 0.15) is 0 Å². The van der Waals surface area contributed by atoms with E-state index in [2.05, 4.69) is 0 Å². The maximum atomic E-state index is 9.83. The van der Waals surface area contributed by atoms with E-state index in [-0.39, 0.29) is 11.5 Å². The lowest BCUT2D eigenvalue weighted by molar-refractivity contribution is -0.408. The molecule has 5 nitrogen and oxygen atoms in total. The lowest BCUT2D eigenvalue weighted by atomic mass is 10.3. The molecule has 0 saturated heterocycles. The van der Waals surface area contributed by atoms with Gasteiger partial charge in [0.05, 0.1) is 0 Å². The zero-order valence-electron chi connectivity index (χ0n) is 12.2. The Morgan fingerprint density at radius 3 is 1.57 bits per heavy atom. The van der Waals surface area contributed by atoms with Crippen LogP contribution < -0.4 is 14.5 Å². The standard InChI is InChI=1S/C18H15NO4/c20-17-13-7-8-14-18(17)23-19(21-15-9-3-1-4-10-15)22-16-11-5-2-6-12-16/h1-14,20H. The van der Waals surface area contributed by atoms with Crippen LogP contribution in [-0.2, 0) is 0 Å². The molecular weight excluding hydrogens is 294 g/mol. The first kappa shape index (κ1) is 14.7. The van der Waals surface area contributed by atoms with E-state index in [1.807, 2.05) is 36.4 Å². The minimum Gasteiger partial charge on any atom is -0.504 e. The van der Waals surface area contributed by atoms with E-state index in [0.29, 0.717) is 11.5 Å². The van der Waals surface area contributed by atoms with E-state index in [9.17, 15) is 5.11 Å². The van der Waals surface area contributed by atoms with Gasteiger partial charge in [0.1, 0.15) is 0 Å². The van der Waals surface area contributed by atoms with Gasteiger partial charge in [-0.2, -0.15) is 0 Å². The molecule has 0 fully saturated rings. The topological polar surface area (TPSA) is 51.2 Å². The Labute approximate surface area is 133 Å². The highest BCUT2D eigenvalue weighted by Gasteiger charge is 2.15. The number of nitrogens with zero attached hydrogens (tertiary/aromatic N) is 1. The summed E-state index contributed by atoms with van der Waals surface area (Å²) in [4.78, 5) is 16.6. The molecule has 0 aliphatic rings. The van der Waals surface area contributed by atoms with Gasteiger partial charge in [0.15, 0.2) is 23.0 Å². The van der Waals surface area contributed by atoms with E-state index < -0.39 is 0 Å². The molecule has 3 aromatic rings. The number of benzene rings is 3. The Kier molecular flexibility index (Phi) is 4.61. The normalized spacial score (nSPS) is 10.3. The number of para-hydroxylation sites is 4. The lowest BCUT2D eigenvalue weighted by Crippen LogP contribution is -2.34. The number of phenols is 1. The molecule has 0 atom stereocenters. The van der Waals surface area contributed by atoms with Crippen molar-refractivity contribution in [3.05, 3.63) is 84.9 Å². The zero-order chi connectivity index (χ0) is 15.9. The molecule has 1 N–H and O–H groups in total. The Bertz CT molecular complexity index is 693. The van der Waals surface area contributed by atoms with Crippen LogP contribution in [0.4, 0.5) is 0 Å². The van der Waals surface area contributed by atoms with Crippen LogP contribution in [0, 0.1) is 0 Å². The van der Waals surface area contributed by atoms with Gasteiger partial charge in [-0.1, -0.05) is 48.5 Å². The molecule has 0 spiro atoms. The maximum absolute atomic E-state index is 9.83. The van der Waals surface area contributed by atoms with Gasteiger partial charge in [-0.3, -0.25) is 0 Å². The van der Waals surface area contributed by atoms with Gasteiger partial charge in [0, 0.05) is 0 Å². The van der Waals surface area contributed by atoms with Crippen molar-refractivity contribution in [2.75, 3.05) is 0 Å². The monoisotopic (exact) mass is 309 g/mol. The first-order valence-electron chi connectivity index (χ1n) is 7.03. The average Bonchev–Trinajstić information content (AvgIpc) is 2.59. The predicted octanol–water partition coefficient (Wildman–Crippen LogP) is 3.98. The highest BCUT2D eigenvalue weighted by molar-refractivity contribution is 5.37. The maximum Gasteiger partial charge on any atom is 0.234 e. The molecule has 0 bridgehead atoms. The number of hydrogen-bond acceptors (Lipinski definition) is 5. The minimum atomic E-state index is -0.0224. The number of aromatic hydroxyl groups is 1. The van der Waals surface area contributed by atoms with Crippen LogP contribution in [0.5, 0.6) is 23.0 Å². The van der Waals surface area contributed by atoms with Crippen LogP contribution in [0.15, 0.2) is 84.9 Å². The number of hydrogen-bond donors (Lipinski definition) is 1. The van der Waals surface area contributed by atoms with Crippen LogP contribution in [0.2, 0.25) is 0 Å². The van der Waals surface area contributed by atoms with Crippen LogP contribution in [-0.4, -0.2) is 10.5 Å². The highest BCUT2D eigenvalue weighted by atomic mass is 17.2. The van der Waals surface area contributed by atoms with E-state index in [0.717, 1.165) is 5.39 Å². The van der Waals surface area contributed by atoms with Crippen molar-refractivity contribution in [3.63, 3.8) is 0 Å². The molecule has 0 radical (unpaired) electrons. The molecule has 3 rings (SSSR count). The first-order valence-corrected chi connectivity index (χ1v) is 7.03. The molecule has 0 aliphatic carbocycles. The molecule has 0 saturated carbocycles. The fourth-order valence-electron chi connectivity index (χ4n) is 1.81. The third-order valence-electron chi connectivity index (χ3n) is 2.88. The van der Waals surface area contributed by atoms with Crippen molar-refractivity contribution >= 4 is 0 Å². The zero-order valence-corrected chi connectivity index (χ0v) is 12.2. The molecule has 0 heterocycles. The van der Waals surface area contributed by atoms with Gasteiger partial charge in [-0.25, -0.2) is 0 Å². The van der Waals surface area contributed by atoms with Crippen molar-refractivity contribution in [2.45, 2.75) is 0 Å². The molecule has 0 unspecified atom stereocenters. The summed E-state index contributed by atoms with van der Waals surface area (Å²) in [5.74, 6) is 1.24. The highest BCUT2D eigenvalue weighted by Crippen LogP contribution is 2.26. The summed E-state index contributed by atoms with van der Waals surface area (Å²) in [7, 11) is 0. The summed E-state index contributed by atoms with van der Waals surface area (Å²) in [6, 6.07) is 24.6. The van der Waals surface area contributed by atoms with E-state index in [4.69, 9.17) is 14.5 Å². The third-order valence-corrected chi connectivity index (χ3v) is 2.88. The van der Waals surface area contributed by atoms with Crippen LogP contribution in [0.3, 0.4) is 0 Å². The fourth-order valence-corrected chi connectivity index (χ4v) is 1.81. The van der Waals surface area contributed by atoms with Gasteiger partial charge in [-0.15, -0.1) is 0 Å². The summed E-state index contributed by atoms with van der Waals surface area (Å²) >= 11 is 0. The molecule has 0 aromatic heterocycles. The molecule has 116 valence electrons. The SMILES string of the molecule is Oc1ccccc1ON(Oc1ccccc1)Oc1ccccc1. The average molecular weight is 309 g/mol. The van der Waals surface area contributed by atoms with E-state index in [1.54, 1.807) is 42.5 Å². The van der Waals surface area contributed by atoms with Crippen molar-refractivity contribution in [1.82, 2.24) is 5.39 Å². The largest absolute Gasteiger partial charge is 0.504 e. The second-order valence-corrected chi connectivity index (χ2v) is 4.59. The van der Waals surface area contributed by atoms with Crippen LogP contribution in [0.25, 0.3) is 0 Å². The van der Waals surface area contributed by atoms with E-state index >= 15 is 0 Å². The van der Waals surface area contributed by atoms with Gasteiger partial charge in [0.2, 0.25) is 5.39 Å². The second-order valence-electron chi connectivity index (χ2n) is 4.59. The summed E-state index contributed by atoms with van der Waals surface area (Å²) in [6.07, 6.45) is 0. The molecular formula is C18H15NO4. The lowest BCUT2D eigenvalue weighted by Gasteiger charge is -2.20. The summed E-state index contributed by atoms with van der Waals surface area (Å²) in [5, 5.41) is 10.7. The summed E-state index contributed by atoms with van der Waals surface area (Å²) in [5.41, 5.74) is 0. The molecule has 0 aliphatic heterocycles. The Balaban J connectivity index is 1.79. The molecule has 5 heteroatoms. The van der Waals surface area contributed by atoms with Crippen LogP contribution >= 0.6 is 0 Å². The first-order chi connectivity index (χ1) is 11.3. The fraction of sp³-hybridized carbons (Fsp3) is 0. The number of phenolic OH excluding ortho intramolecular Hbond substituents is 1. The van der Waals surface area contributed by atoms with Gasteiger partial charge in [0.25, 0.3) is 0 Å². The quantitative estimate of drug-likeness (QED) is 0.698. The third kappa shape index (κ3) is 4.15. The van der Waals surface area contributed by atoms with E-state index in [1.165, 1.54) is 6.07 Å². The molecule has 0 amide bonds. The smallest absolute Gasteiger partial charge is 0.234 e.